The third kappa shape index (κ3) is 3.11. The predicted octanol–water partition coefficient (Wildman–Crippen LogP) is 3.68. The molecule has 0 amide bonds. The summed E-state index contributed by atoms with van der Waals surface area (Å²) in [6.45, 7) is 1.90. The maximum atomic E-state index is 9.43. The van der Waals surface area contributed by atoms with Crippen LogP contribution in [0.15, 0.2) is 0 Å². The van der Waals surface area contributed by atoms with Gasteiger partial charge in [-0.25, -0.2) is 0 Å². The predicted molar refractivity (Wildman–Crippen MR) is 68.2 cm³/mol. The molecule has 0 aromatic carbocycles. The van der Waals surface area contributed by atoms with E-state index in [0.29, 0.717) is 6.04 Å². The van der Waals surface area contributed by atoms with Crippen LogP contribution >= 0.6 is 11.3 Å². The van der Waals surface area contributed by atoms with Crippen molar-refractivity contribution in [1.29, 1.82) is 0 Å². The van der Waals surface area contributed by atoms with Gasteiger partial charge in [0.1, 0.15) is 0 Å². The maximum Gasteiger partial charge on any atom is 0.226 e. The normalized spacial score (nSPS) is 19.1. The van der Waals surface area contributed by atoms with Crippen LogP contribution in [0, 0.1) is 6.92 Å². The molecule has 4 heteroatoms. The lowest BCUT2D eigenvalue weighted by molar-refractivity contribution is 0.452. The summed E-state index contributed by atoms with van der Waals surface area (Å²) in [6.07, 6.45) is 9.21. The van der Waals surface area contributed by atoms with Crippen LogP contribution in [0.3, 0.4) is 0 Å². The first-order chi connectivity index (χ1) is 7.75. The average molecular weight is 240 g/mol. The molecule has 1 heterocycles. The minimum atomic E-state index is 0.179. The molecule has 0 radical (unpaired) electrons. The van der Waals surface area contributed by atoms with Crippen LogP contribution in [0.2, 0.25) is 0 Å². The summed E-state index contributed by atoms with van der Waals surface area (Å²) in [5, 5.41) is 13.8. The lowest BCUT2D eigenvalue weighted by atomic mass is 9.97. The summed E-state index contributed by atoms with van der Waals surface area (Å²) in [5.41, 5.74) is 0. The van der Waals surface area contributed by atoms with Crippen molar-refractivity contribution in [2.75, 3.05) is 5.32 Å². The van der Waals surface area contributed by atoms with Gasteiger partial charge in [-0.15, -0.1) is 0 Å². The van der Waals surface area contributed by atoms with Gasteiger partial charge in [-0.1, -0.05) is 43.4 Å². The molecule has 1 aromatic heterocycles. The minimum Gasteiger partial charge on any atom is -0.492 e. The van der Waals surface area contributed by atoms with Crippen LogP contribution in [0.5, 0.6) is 5.88 Å². The Labute approximate surface area is 101 Å². The molecule has 1 saturated carbocycles. The number of aromatic nitrogens is 1. The number of aromatic hydroxyl groups is 1. The highest BCUT2D eigenvalue weighted by Gasteiger charge is 2.13. The smallest absolute Gasteiger partial charge is 0.226 e. The Morgan fingerprint density at radius 2 is 1.81 bits per heavy atom. The van der Waals surface area contributed by atoms with Crippen LogP contribution < -0.4 is 5.32 Å². The molecule has 0 bridgehead atoms. The van der Waals surface area contributed by atoms with Gasteiger partial charge in [-0.05, 0) is 19.8 Å². The molecule has 2 N–H and O–H groups in total. The monoisotopic (exact) mass is 240 g/mol. The van der Waals surface area contributed by atoms with Gasteiger partial charge in [-0.2, -0.15) is 4.98 Å². The van der Waals surface area contributed by atoms with E-state index >= 15 is 0 Å². The summed E-state index contributed by atoms with van der Waals surface area (Å²) in [5.74, 6) is 0.179. The van der Waals surface area contributed by atoms with E-state index in [2.05, 4.69) is 10.3 Å². The van der Waals surface area contributed by atoms with E-state index < -0.39 is 0 Å². The third-order valence-electron chi connectivity index (χ3n) is 3.20. The van der Waals surface area contributed by atoms with Crippen LogP contribution in [-0.2, 0) is 0 Å². The van der Waals surface area contributed by atoms with Crippen molar-refractivity contribution in [3.63, 3.8) is 0 Å². The topological polar surface area (TPSA) is 45.2 Å². The van der Waals surface area contributed by atoms with E-state index in [9.17, 15) is 5.11 Å². The number of hydrogen-bond acceptors (Lipinski definition) is 4. The molecule has 1 aliphatic carbocycles. The molecule has 1 fully saturated rings. The van der Waals surface area contributed by atoms with Crippen molar-refractivity contribution in [1.82, 2.24) is 4.98 Å². The summed E-state index contributed by atoms with van der Waals surface area (Å²) >= 11 is 1.55. The van der Waals surface area contributed by atoms with Gasteiger partial charge in [-0.3, -0.25) is 0 Å². The fraction of sp³-hybridized carbons (Fsp3) is 0.750. The summed E-state index contributed by atoms with van der Waals surface area (Å²) in [4.78, 5) is 5.02. The Hall–Kier alpha value is -0.770. The second kappa shape index (κ2) is 5.53. The Bertz CT molecular complexity index is 310. The summed E-state index contributed by atoms with van der Waals surface area (Å²) in [6, 6.07) is 0.547. The molecule has 90 valence electrons. The van der Waals surface area contributed by atoms with Gasteiger partial charge in [0.05, 0.1) is 4.88 Å². The highest BCUT2D eigenvalue weighted by atomic mass is 32.1. The van der Waals surface area contributed by atoms with Crippen LogP contribution in [0.25, 0.3) is 0 Å². The highest BCUT2D eigenvalue weighted by Crippen LogP contribution is 2.28. The first kappa shape index (κ1) is 11.7. The minimum absolute atomic E-state index is 0.179. The molecular formula is C12H20N2OS. The van der Waals surface area contributed by atoms with Crippen molar-refractivity contribution in [2.24, 2.45) is 0 Å². The SMILES string of the molecule is Cc1sc(NC2CCCCCCC2)nc1O. The number of aryl methyl sites for hydroxylation is 1. The molecular weight excluding hydrogens is 220 g/mol. The standard InChI is InChI=1S/C12H20N2OS/c1-9-11(15)14-12(16-9)13-10-7-5-3-2-4-6-8-10/h10,15H,2-8H2,1H3,(H,13,14). The molecule has 1 aromatic rings. The number of nitrogens with one attached hydrogen (secondary N) is 1. The molecule has 0 aliphatic heterocycles. The van der Waals surface area contributed by atoms with E-state index in [4.69, 9.17) is 0 Å². The van der Waals surface area contributed by atoms with Gasteiger partial charge >= 0.3 is 0 Å². The fourth-order valence-electron chi connectivity index (χ4n) is 2.23. The number of hydrogen-bond donors (Lipinski definition) is 2. The zero-order valence-corrected chi connectivity index (χ0v) is 10.6. The van der Waals surface area contributed by atoms with Gasteiger partial charge in [0.2, 0.25) is 5.88 Å². The lowest BCUT2D eigenvalue weighted by Gasteiger charge is -2.20. The quantitative estimate of drug-likeness (QED) is 0.829. The second-order valence-electron chi connectivity index (χ2n) is 4.59. The van der Waals surface area contributed by atoms with Crippen LogP contribution in [0.4, 0.5) is 5.13 Å². The Kier molecular flexibility index (Phi) is 4.04. The number of thiazole rings is 1. The largest absolute Gasteiger partial charge is 0.492 e. The summed E-state index contributed by atoms with van der Waals surface area (Å²) < 4.78 is 0. The number of anilines is 1. The average Bonchev–Trinajstić information content (AvgIpc) is 2.50. The second-order valence-corrected chi connectivity index (χ2v) is 5.79. The molecule has 0 saturated heterocycles. The molecule has 16 heavy (non-hydrogen) atoms. The van der Waals surface area contributed by atoms with Gasteiger partial charge in [0, 0.05) is 6.04 Å². The van der Waals surface area contributed by atoms with E-state index in [0.717, 1.165) is 10.0 Å². The number of rotatable bonds is 2. The molecule has 1 aliphatic rings. The molecule has 0 spiro atoms. The van der Waals surface area contributed by atoms with Crippen molar-refractivity contribution in [2.45, 2.75) is 57.9 Å². The number of nitrogens with zero attached hydrogens (tertiary/aromatic N) is 1. The van der Waals surface area contributed by atoms with Gasteiger partial charge in [0.15, 0.2) is 5.13 Å². The van der Waals surface area contributed by atoms with Crippen molar-refractivity contribution >= 4 is 16.5 Å². The van der Waals surface area contributed by atoms with Crippen molar-refractivity contribution in [3.05, 3.63) is 4.88 Å². The Morgan fingerprint density at radius 1 is 1.19 bits per heavy atom. The maximum absolute atomic E-state index is 9.43. The van der Waals surface area contributed by atoms with Gasteiger partial charge in [0.25, 0.3) is 0 Å². The zero-order valence-electron chi connectivity index (χ0n) is 9.83. The van der Waals surface area contributed by atoms with Crippen LogP contribution in [-0.4, -0.2) is 16.1 Å². The summed E-state index contributed by atoms with van der Waals surface area (Å²) in [7, 11) is 0. The molecule has 0 atom stereocenters. The Morgan fingerprint density at radius 3 is 2.38 bits per heavy atom. The van der Waals surface area contributed by atoms with Crippen molar-refractivity contribution in [3.8, 4) is 5.88 Å². The third-order valence-corrected chi connectivity index (χ3v) is 4.10. The fourth-order valence-corrected chi connectivity index (χ4v) is 3.01. The van der Waals surface area contributed by atoms with Crippen LogP contribution in [0.1, 0.15) is 49.8 Å². The Balaban J connectivity index is 1.91. The molecule has 2 rings (SSSR count). The lowest BCUT2D eigenvalue weighted by Crippen LogP contribution is -2.20. The highest BCUT2D eigenvalue weighted by molar-refractivity contribution is 7.15. The van der Waals surface area contributed by atoms with E-state index in [1.54, 1.807) is 11.3 Å². The first-order valence-corrected chi connectivity index (χ1v) is 7.00. The molecule has 0 unspecified atom stereocenters. The van der Waals surface area contributed by atoms with E-state index in [1.165, 1.54) is 44.9 Å². The first-order valence-electron chi connectivity index (χ1n) is 6.18. The zero-order chi connectivity index (χ0) is 11.4. The van der Waals surface area contributed by atoms with E-state index in [1.807, 2.05) is 6.92 Å². The molecule has 3 nitrogen and oxygen atoms in total. The van der Waals surface area contributed by atoms with E-state index in [-0.39, 0.29) is 5.88 Å². The van der Waals surface area contributed by atoms with Gasteiger partial charge < -0.3 is 10.4 Å². The van der Waals surface area contributed by atoms with Crippen molar-refractivity contribution < 1.29 is 5.11 Å².